The summed E-state index contributed by atoms with van der Waals surface area (Å²) in [6.07, 6.45) is 1.75. The van der Waals surface area contributed by atoms with Gasteiger partial charge in [-0.3, -0.25) is 9.59 Å². The smallest absolute Gasteiger partial charge is 0.251 e. The van der Waals surface area contributed by atoms with Crippen LogP contribution in [0.3, 0.4) is 0 Å². The Morgan fingerprint density at radius 1 is 1.05 bits per heavy atom. The number of aromatic amines is 1. The van der Waals surface area contributed by atoms with E-state index in [1.54, 1.807) is 12.1 Å². The van der Waals surface area contributed by atoms with Gasteiger partial charge in [-0.25, -0.2) is 19.3 Å². The van der Waals surface area contributed by atoms with Gasteiger partial charge in [0.2, 0.25) is 0 Å². The second kappa shape index (κ2) is 10.3. The monoisotopic (exact) mass is 529 g/mol. The molecule has 190 valence electrons. The van der Waals surface area contributed by atoms with E-state index in [1.165, 1.54) is 18.5 Å². The Hall–Kier alpha value is -4.83. The van der Waals surface area contributed by atoms with Gasteiger partial charge in [0.15, 0.2) is 0 Å². The molecule has 38 heavy (non-hydrogen) atoms. The number of nitrogens with two attached hydrogens (primary N) is 2. The highest BCUT2D eigenvalue weighted by molar-refractivity contribution is 6.32. The molecule has 11 heteroatoms. The van der Waals surface area contributed by atoms with Gasteiger partial charge in [-0.2, -0.15) is 0 Å². The van der Waals surface area contributed by atoms with Crippen LogP contribution in [0.4, 0.5) is 10.2 Å². The van der Waals surface area contributed by atoms with Crippen molar-refractivity contribution >= 4 is 40.1 Å². The van der Waals surface area contributed by atoms with Gasteiger partial charge in [0, 0.05) is 16.5 Å². The first-order valence-corrected chi connectivity index (χ1v) is 11.9. The number of amides is 2. The Morgan fingerprint density at radius 2 is 1.84 bits per heavy atom. The number of carbonyl (C=O) groups is 2. The zero-order chi connectivity index (χ0) is 26.8. The molecule has 0 fully saturated rings. The minimum atomic E-state index is -0.919. The fourth-order valence-corrected chi connectivity index (χ4v) is 4.36. The predicted octanol–water partition coefficient (Wildman–Crippen LogP) is 4.21. The summed E-state index contributed by atoms with van der Waals surface area (Å²) in [5, 5.41) is 3.86. The largest absolute Gasteiger partial charge is 0.383 e. The molecule has 0 saturated carbocycles. The molecule has 0 aliphatic carbocycles. The normalized spacial score (nSPS) is 11.8. The quantitative estimate of drug-likeness (QED) is 0.248. The van der Waals surface area contributed by atoms with Crippen molar-refractivity contribution in [3.8, 4) is 11.3 Å². The van der Waals surface area contributed by atoms with Crippen LogP contribution in [0.2, 0.25) is 5.15 Å². The Bertz CT molecular complexity index is 1670. The number of nitrogen functional groups attached to an aromatic ring is 1. The molecule has 2 aromatic heterocycles. The number of aromatic nitrogens is 4. The lowest BCUT2D eigenvalue weighted by Gasteiger charge is -2.17. The van der Waals surface area contributed by atoms with Crippen LogP contribution in [-0.2, 0) is 6.42 Å². The predicted molar refractivity (Wildman–Crippen MR) is 142 cm³/mol. The first kappa shape index (κ1) is 24.8. The lowest BCUT2D eigenvalue weighted by Crippen LogP contribution is -2.31. The van der Waals surface area contributed by atoms with Gasteiger partial charge in [-0.1, -0.05) is 48.0 Å². The number of rotatable bonds is 7. The zero-order valence-electron chi connectivity index (χ0n) is 19.8. The van der Waals surface area contributed by atoms with Crippen LogP contribution in [0.15, 0.2) is 73.1 Å². The maximum Gasteiger partial charge on any atom is 0.251 e. The molecule has 0 saturated heterocycles. The van der Waals surface area contributed by atoms with Crippen molar-refractivity contribution in [3.63, 3.8) is 0 Å². The summed E-state index contributed by atoms with van der Waals surface area (Å²) >= 11 is 6.55. The van der Waals surface area contributed by atoms with E-state index in [0.717, 1.165) is 11.6 Å². The highest BCUT2D eigenvalue weighted by Gasteiger charge is 2.23. The zero-order valence-corrected chi connectivity index (χ0v) is 20.5. The van der Waals surface area contributed by atoms with Crippen LogP contribution >= 0.6 is 11.6 Å². The van der Waals surface area contributed by atoms with Crippen LogP contribution < -0.4 is 16.8 Å². The third-order valence-electron chi connectivity index (χ3n) is 6.03. The highest BCUT2D eigenvalue weighted by atomic mass is 35.5. The van der Waals surface area contributed by atoms with Crippen LogP contribution in [0, 0.1) is 5.82 Å². The van der Waals surface area contributed by atoms with E-state index in [9.17, 15) is 14.0 Å². The number of anilines is 1. The second-order valence-corrected chi connectivity index (χ2v) is 8.93. The van der Waals surface area contributed by atoms with Crippen molar-refractivity contribution < 1.29 is 14.0 Å². The van der Waals surface area contributed by atoms with Crippen molar-refractivity contribution in [2.45, 2.75) is 12.5 Å². The fourth-order valence-electron chi connectivity index (χ4n) is 4.11. The number of halogens is 2. The fraction of sp³-hybridized carbons (Fsp3) is 0.0741. The third kappa shape index (κ3) is 5.02. The number of hydrogen-bond acceptors (Lipinski definition) is 6. The molecular weight excluding hydrogens is 509 g/mol. The molecule has 0 aliphatic rings. The van der Waals surface area contributed by atoms with E-state index in [4.69, 9.17) is 28.1 Å². The third-order valence-corrected chi connectivity index (χ3v) is 6.31. The van der Waals surface area contributed by atoms with Gasteiger partial charge in [0.25, 0.3) is 11.8 Å². The summed E-state index contributed by atoms with van der Waals surface area (Å²) in [5.74, 6) is -1.60. The molecule has 5 rings (SSSR count). The maximum atomic E-state index is 14.3. The molecule has 0 aliphatic heterocycles. The molecule has 9 nitrogen and oxygen atoms in total. The SMILES string of the molecule is NC(=O)c1ccc(C(=O)NC(Cc2ccccc2)c2nc(-c3ccc4c(N)ncnc4c3)c(Cl)[nH]2)cc1F. The summed E-state index contributed by atoms with van der Waals surface area (Å²) in [6, 6.07) is 17.7. The van der Waals surface area contributed by atoms with E-state index in [-0.39, 0.29) is 16.3 Å². The second-order valence-electron chi connectivity index (χ2n) is 8.55. The molecule has 5 aromatic rings. The first-order valence-electron chi connectivity index (χ1n) is 11.5. The molecule has 0 spiro atoms. The number of nitrogens with one attached hydrogen (secondary N) is 2. The number of carbonyl (C=O) groups excluding carboxylic acids is 2. The van der Waals surface area contributed by atoms with Gasteiger partial charge in [-0.05, 0) is 42.3 Å². The number of hydrogen-bond donors (Lipinski definition) is 4. The lowest BCUT2D eigenvalue weighted by molar-refractivity contribution is 0.0931. The molecular formula is C27H21ClFN7O2. The van der Waals surface area contributed by atoms with Crippen LogP contribution in [0.25, 0.3) is 22.2 Å². The number of H-pyrrole nitrogens is 1. The molecule has 1 atom stereocenters. The van der Waals surface area contributed by atoms with E-state index in [0.29, 0.717) is 40.2 Å². The Labute approximate surface area is 221 Å². The Kier molecular flexibility index (Phi) is 6.71. The van der Waals surface area contributed by atoms with Crippen molar-refractivity contribution in [3.05, 3.63) is 107 Å². The molecule has 3 aromatic carbocycles. The van der Waals surface area contributed by atoms with Crippen LogP contribution in [0.1, 0.15) is 38.1 Å². The van der Waals surface area contributed by atoms with E-state index < -0.39 is 23.7 Å². The summed E-state index contributed by atoms with van der Waals surface area (Å²) in [7, 11) is 0. The first-order chi connectivity index (χ1) is 18.3. The molecule has 6 N–H and O–H groups in total. The van der Waals surface area contributed by atoms with Gasteiger partial charge in [0.05, 0.1) is 17.1 Å². The van der Waals surface area contributed by atoms with Crippen LogP contribution in [0.5, 0.6) is 0 Å². The minimum absolute atomic E-state index is 0.0234. The summed E-state index contributed by atoms with van der Waals surface area (Å²) < 4.78 is 14.3. The number of primary amides is 1. The van der Waals surface area contributed by atoms with E-state index in [2.05, 4.69) is 20.3 Å². The topological polar surface area (TPSA) is 153 Å². The minimum Gasteiger partial charge on any atom is -0.383 e. The average molecular weight is 530 g/mol. The van der Waals surface area contributed by atoms with Gasteiger partial charge in [-0.15, -0.1) is 0 Å². The molecule has 1 unspecified atom stereocenters. The molecule has 0 bridgehead atoms. The van der Waals surface area contributed by atoms with E-state index in [1.807, 2.05) is 36.4 Å². The Morgan fingerprint density at radius 3 is 2.58 bits per heavy atom. The Balaban J connectivity index is 1.49. The number of fused-ring (bicyclic) bond motifs is 1. The average Bonchev–Trinajstić information content (AvgIpc) is 3.30. The maximum absolute atomic E-state index is 14.3. The van der Waals surface area contributed by atoms with Crippen molar-refractivity contribution in [2.75, 3.05) is 5.73 Å². The molecule has 0 radical (unpaired) electrons. The molecule has 2 heterocycles. The standard InChI is InChI=1S/C27H21ClFN7O2/c28-23-22(15-6-9-18-20(12-15)32-13-33-24(18)30)35-26(36-23)21(10-14-4-2-1-3-5-14)34-27(38)16-7-8-17(25(31)37)19(29)11-16/h1-9,11-13,21H,10H2,(H2,31,37)(H,34,38)(H,35,36)(H2,30,32,33). The number of benzene rings is 3. The van der Waals surface area contributed by atoms with Crippen molar-refractivity contribution in [2.24, 2.45) is 5.73 Å². The van der Waals surface area contributed by atoms with Gasteiger partial charge >= 0.3 is 0 Å². The van der Waals surface area contributed by atoms with Gasteiger partial charge in [0.1, 0.15) is 34.6 Å². The number of imidazole rings is 1. The van der Waals surface area contributed by atoms with Crippen molar-refractivity contribution in [1.29, 1.82) is 0 Å². The van der Waals surface area contributed by atoms with Crippen molar-refractivity contribution in [1.82, 2.24) is 25.3 Å². The van der Waals surface area contributed by atoms with E-state index >= 15 is 0 Å². The van der Waals surface area contributed by atoms with Crippen LogP contribution in [-0.4, -0.2) is 31.8 Å². The van der Waals surface area contributed by atoms with Gasteiger partial charge < -0.3 is 21.8 Å². The molecule has 2 amide bonds. The lowest BCUT2D eigenvalue weighted by atomic mass is 10.0. The highest BCUT2D eigenvalue weighted by Crippen LogP contribution is 2.31. The summed E-state index contributed by atoms with van der Waals surface area (Å²) in [4.78, 5) is 40.5. The summed E-state index contributed by atoms with van der Waals surface area (Å²) in [6.45, 7) is 0. The number of nitrogens with zero attached hydrogens (tertiary/aromatic N) is 3. The summed E-state index contributed by atoms with van der Waals surface area (Å²) in [5.41, 5.74) is 13.5.